The number of hydrogen-bond acceptors (Lipinski definition) is 6. The van der Waals surface area contributed by atoms with E-state index in [1.54, 1.807) is 6.92 Å². The first-order valence-corrected chi connectivity index (χ1v) is 9.35. The highest BCUT2D eigenvalue weighted by molar-refractivity contribution is 6.32. The highest BCUT2D eigenvalue weighted by atomic mass is 35.5. The Morgan fingerprint density at radius 3 is 2.20 bits per heavy atom. The fourth-order valence-electron chi connectivity index (χ4n) is 2.56. The summed E-state index contributed by atoms with van der Waals surface area (Å²) < 4.78 is 44.6. The van der Waals surface area contributed by atoms with Crippen LogP contribution in [0.25, 0.3) is 0 Å². The molecule has 1 aromatic carbocycles. The smallest absolute Gasteiger partial charge is 0.315 e. The van der Waals surface area contributed by atoms with Crippen molar-refractivity contribution in [1.29, 1.82) is 0 Å². The number of anilines is 1. The van der Waals surface area contributed by atoms with Gasteiger partial charge in [-0.3, -0.25) is 9.59 Å². The van der Waals surface area contributed by atoms with E-state index in [4.69, 9.17) is 37.4 Å². The number of nitrogens with zero attached hydrogens (tertiary/aromatic N) is 2. The maximum absolute atomic E-state index is 15.0. The molecule has 30 heavy (non-hydrogen) atoms. The fourth-order valence-corrected chi connectivity index (χ4v) is 2.97. The summed E-state index contributed by atoms with van der Waals surface area (Å²) >= 11 is 11.8. The lowest BCUT2D eigenvalue weighted by Crippen LogP contribution is -2.34. The molecular formula is C19H18Cl2F2N2O5. The number of carbonyl (C=O) groups excluding carboxylic acids is 2. The lowest BCUT2D eigenvalue weighted by Gasteiger charge is -2.25. The van der Waals surface area contributed by atoms with E-state index in [0.717, 1.165) is 6.07 Å². The van der Waals surface area contributed by atoms with Gasteiger partial charge in [0.2, 0.25) is 5.91 Å². The van der Waals surface area contributed by atoms with Crippen molar-refractivity contribution < 1.29 is 32.6 Å². The minimum atomic E-state index is -1.16. The molecule has 11 heteroatoms. The van der Waals surface area contributed by atoms with Crippen molar-refractivity contribution >= 4 is 40.8 Å². The van der Waals surface area contributed by atoms with Gasteiger partial charge in [0, 0.05) is 11.6 Å². The van der Waals surface area contributed by atoms with Crippen LogP contribution in [0.2, 0.25) is 10.3 Å². The molecule has 0 N–H and O–H groups in total. The van der Waals surface area contributed by atoms with E-state index in [0.29, 0.717) is 4.90 Å². The zero-order valence-corrected chi connectivity index (χ0v) is 17.8. The number of esters is 1. The molecule has 0 aliphatic rings. The third kappa shape index (κ3) is 5.28. The molecule has 162 valence electrons. The predicted octanol–water partition coefficient (Wildman–Crippen LogP) is 4.17. The molecule has 0 spiro atoms. The zero-order valence-electron chi connectivity index (χ0n) is 16.3. The minimum Gasteiger partial charge on any atom is -0.493 e. The molecule has 0 bridgehead atoms. The Bertz CT molecular complexity index is 931. The lowest BCUT2D eigenvalue weighted by molar-refractivity contribution is -0.145. The highest BCUT2D eigenvalue weighted by Gasteiger charge is 2.30. The molecule has 0 saturated heterocycles. The van der Waals surface area contributed by atoms with Gasteiger partial charge >= 0.3 is 5.97 Å². The van der Waals surface area contributed by atoms with Crippen molar-refractivity contribution in [3.8, 4) is 11.5 Å². The first-order valence-electron chi connectivity index (χ1n) is 8.60. The number of amides is 1. The van der Waals surface area contributed by atoms with Gasteiger partial charge in [-0.25, -0.2) is 13.8 Å². The molecule has 0 aliphatic carbocycles. The maximum atomic E-state index is 15.0. The van der Waals surface area contributed by atoms with Gasteiger partial charge in [-0.05, 0) is 13.0 Å². The molecule has 0 radical (unpaired) electrons. The number of methoxy groups -OCH3 is 2. The second kappa shape index (κ2) is 10.4. The van der Waals surface area contributed by atoms with E-state index in [-0.39, 0.29) is 34.0 Å². The van der Waals surface area contributed by atoms with Crippen molar-refractivity contribution in [3.63, 3.8) is 0 Å². The molecule has 0 unspecified atom stereocenters. The van der Waals surface area contributed by atoms with Gasteiger partial charge in [0.15, 0.2) is 23.1 Å². The number of halogens is 4. The summed E-state index contributed by atoms with van der Waals surface area (Å²) in [7, 11) is 2.34. The quantitative estimate of drug-likeness (QED) is 0.332. The Labute approximate surface area is 181 Å². The number of carbonyl (C=O) groups is 2. The van der Waals surface area contributed by atoms with Crippen LogP contribution >= 0.6 is 23.2 Å². The van der Waals surface area contributed by atoms with Crippen molar-refractivity contribution in [2.45, 2.75) is 19.9 Å². The van der Waals surface area contributed by atoms with Crippen LogP contribution in [-0.4, -0.2) is 37.7 Å². The number of aromatic nitrogens is 1. The average Bonchev–Trinajstić information content (AvgIpc) is 2.69. The van der Waals surface area contributed by atoms with Crippen LogP contribution < -0.4 is 14.4 Å². The van der Waals surface area contributed by atoms with Crippen molar-refractivity contribution in [2.75, 3.05) is 25.7 Å². The van der Waals surface area contributed by atoms with E-state index < -0.39 is 42.2 Å². The topological polar surface area (TPSA) is 78.0 Å². The largest absolute Gasteiger partial charge is 0.493 e. The summed E-state index contributed by atoms with van der Waals surface area (Å²) in [6.45, 7) is 1.19. The van der Waals surface area contributed by atoms with Crippen LogP contribution in [0.15, 0.2) is 18.2 Å². The van der Waals surface area contributed by atoms with Crippen LogP contribution in [0, 0.1) is 11.6 Å². The van der Waals surface area contributed by atoms with Crippen molar-refractivity contribution in [2.24, 2.45) is 0 Å². The normalized spacial score (nSPS) is 10.5. The van der Waals surface area contributed by atoms with Crippen LogP contribution in [0.4, 0.5) is 14.5 Å². The first-order chi connectivity index (χ1) is 14.2. The molecule has 0 saturated carbocycles. The second-order valence-corrected chi connectivity index (χ2v) is 6.55. The SMILES string of the molecule is CCOC(=O)CC(=O)N(Cc1ccc(Cl)nc1Cl)c1c(F)c(OC)cc(OC)c1F. The van der Waals surface area contributed by atoms with Gasteiger partial charge < -0.3 is 19.1 Å². The highest BCUT2D eigenvalue weighted by Crippen LogP contribution is 2.38. The Kier molecular flexibility index (Phi) is 8.19. The molecule has 1 aromatic heterocycles. The number of rotatable bonds is 8. The Morgan fingerprint density at radius 1 is 1.10 bits per heavy atom. The zero-order chi connectivity index (χ0) is 22.4. The number of ether oxygens (including phenoxy) is 3. The summed E-state index contributed by atoms with van der Waals surface area (Å²) in [6, 6.07) is 3.84. The number of pyridine rings is 1. The molecule has 1 heterocycles. The Balaban J connectivity index is 2.61. The van der Waals surface area contributed by atoms with Gasteiger partial charge in [-0.1, -0.05) is 29.3 Å². The van der Waals surface area contributed by atoms with E-state index in [1.807, 2.05) is 0 Å². The van der Waals surface area contributed by atoms with Crippen LogP contribution in [0.5, 0.6) is 11.5 Å². The molecule has 2 aromatic rings. The first kappa shape index (κ1) is 23.6. The summed E-state index contributed by atoms with van der Waals surface area (Å²) in [4.78, 5) is 29.2. The van der Waals surface area contributed by atoms with Gasteiger partial charge in [0.05, 0.1) is 27.4 Å². The average molecular weight is 463 g/mol. The lowest BCUT2D eigenvalue weighted by atomic mass is 10.1. The molecular weight excluding hydrogens is 445 g/mol. The monoisotopic (exact) mass is 462 g/mol. The van der Waals surface area contributed by atoms with Gasteiger partial charge in [-0.15, -0.1) is 0 Å². The number of benzene rings is 1. The van der Waals surface area contributed by atoms with Gasteiger partial charge in [0.1, 0.15) is 22.4 Å². The van der Waals surface area contributed by atoms with Crippen LogP contribution in [0.1, 0.15) is 18.9 Å². The summed E-state index contributed by atoms with van der Waals surface area (Å²) in [5.41, 5.74) is -0.537. The third-order valence-electron chi connectivity index (χ3n) is 3.94. The molecule has 2 rings (SSSR count). The molecule has 0 aliphatic heterocycles. The third-order valence-corrected chi connectivity index (χ3v) is 4.48. The predicted molar refractivity (Wildman–Crippen MR) is 106 cm³/mol. The minimum absolute atomic E-state index is 0.0365. The molecule has 1 amide bonds. The van der Waals surface area contributed by atoms with Gasteiger partial charge in [-0.2, -0.15) is 0 Å². The van der Waals surface area contributed by atoms with Crippen molar-refractivity contribution in [1.82, 2.24) is 4.98 Å². The Morgan fingerprint density at radius 2 is 1.70 bits per heavy atom. The summed E-state index contributed by atoms with van der Waals surface area (Å²) in [5.74, 6) is -4.84. The van der Waals surface area contributed by atoms with E-state index in [9.17, 15) is 9.59 Å². The summed E-state index contributed by atoms with van der Waals surface area (Å²) in [6.07, 6.45) is -0.759. The van der Waals surface area contributed by atoms with E-state index in [2.05, 4.69) is 4.98 Å². The molecule has 0 atom stereocenters. The van der Waals surface area contributed by atoms with Crippen molar-refractivity contribution in [3.05, 3.63) is 45.7 Å². The van der Waals surface area contributed by atoms with Crippen LogP contribution in [0.3, 0.4) is 0 Å². The van der Waals surface area contributed by atoms with Gasteiger partial charge in [0.25, 0.3) is 0 Å². The maximum Gasteiger partial charge on any atom is 0.315 e. The van der Waals surface area contributed by atoms with E-state index in [1.165, 1.54) is 26.4 Å². The molecule has 7 nitrogen and oxygen atoms in total. The fraction of sp³-hybridized carbons (Fsp3) is 0.316. The standard InChI is InChI=1S/C19H18Cl2F2N2O5/c1-4-30-15(27)8-14(26)25(9-10-5-6-13(20)24-19(10)21)18-16(22)11(28-2)7-12(29-3)17(18)23/h5-7H,4,8-9H2,1-3H3. The summed E-state index contributed by atoms with van der Waals surface area (Å²) in [5, 5.41) is 0.0145. The van der Waals surface area contributed by atoms with E-state index >= 15 is 8.78 Å². The second-order valence-electron chi connectivity index (χ2n) is 5.80. The Hall–Kier alpha value is -2.65. The number of hydrogen-bond donors (Lipinski definition) is 0. The molecule has 0 fully saturated rings. The van der Waals surface area contributed by atoms with Crippen LogP contribution in [-0.2, 0) is 20.9 Å².